The van der Waals surface area contributed by atoms with Crippen LogP contribution in [0.4, 0.5) is 0 Å². The van der Waals surface area contributed by atoms with Crippen molar-refractivity contribution < 1.29 is 19.2 Å². The molecule has 1 aliphatic carbocycles. The molecule has 0 aromatic carbocycles. The zero-order valence-corrected chi connectivity index (χ0v) is 14.7. The number of aliphatic hydroxyl groups is 1. The standard InChI is InChI=1S/C18H23N3O4/c1-10-15(11(2)25-21-10)8-16(23)20-18(13-6-14(22)7-13)12-4-5-17(24-3)19-9-12/h4-5,9,13-14,18,22H,6-8H2,1-3H3,(H,20,23)/t13?,14?,18-/m0/s1. The number of pyridine rings is 1. The van der Waals surface area contributed by atoms with E-state index in [1.54, 1.807) is 26.3 Å². The summed E-state index contributed by atoms with van der Waals surface area (Å²) in [6.45, 7) is 3.63. The molecular weight excluding hydrogens is 322 g/mol. The normalized spacial score (nSPS) is 20.6. The third-order valence-electron chi connectivity index (χ3n) is 4.78. The van der Waals surface area contributed by atoms with Crippen molar-refractivity contribution in [2.24, 2.45) is 5.92 Å². The van der Waals surface area contributed by atoms with Crippen LogP contribution in [0.5, 0.6) is 5.88 Å². The summed E-state index contributed by atoms with van der Waals surface area (Å²) in [5, 5.41) is 16.6. The average molecular weight is 345 g/mol. The maximum atomic E-state index is 12.6. The van der Waals surface area contributed by atoms with Crippen LogP contribution >= 0.6 is 0 Å². The molecule has 1 amide bonds. The number of nitrogens with one attached hydrogen (secondary N) is 1. The van der Waals surface area contributed by atoms with Gasteiger partial charge in [0.1, 0.15) is 5.76 Å². The molecule has 0 saturated heterocycles. The van der Waals surface area contributed by atoms with Gasteiger partial charge in [-0.3, -0.25) is 4.79 Å². The molecule has 0 spiro atoms. The van der Waals surface area contributed by atoms with Gasteiger partial charge in [-0.15, -0.1) is 0 Å². The topological polar surface area (TPSA) is 97.5 Å². The van der Waals surface area contributed by atoms with Crippen LogP contribution in [-0.4, -0.2) is 34.4 Å². The van der Waals surface area contributed by atoms with Crippen molar-refractivity contribution in [3.63, 3.8) is 0 Å². The maximum absolute atomic E-state index is 12.6. The van der Waals surface area contributed by atoms with Gasteiger partial charge in [0, 0.05) is 17.8 Å². The Balaban J connectivity index is 1.74. The highest BCUT2D eigenvalue weighted by molar-refractivity contribution is 5.79. The number of aliphatic hydroxyl groups excluding tert-OH is 1. The van der Waals surface area contributed by atoms with Gasteiger partial charge in [-0.1, -0.05) is 11.2 Å². The first-order chi connectivity index (χ1) is 12.0. The molecule has 7 nitrogen and oxygen atoms in total. The molecule has 3 rings (SSSR count). The molecule has 0 aliphatic heterocycles. The summed E-state index contributed by atoms with van der Waals surface area (Å²) in [6, 6.07) is 3.49. The lowest BCUT2D eigenvalue weighted by atomic mass is 9.75. The summed E-state index contributed by atoms with van der Waals surface area (Å²) >= 11 is 0. The fourth-order valence-corrected chi connectivity index (χ4v) is 3.21. The van der Waals surface area contributed by atoms with Gasteiger partial charge in [0.15, 0.2) is 0 Å². The highest BCUT2D eigenvalue weighted by atomic mass is 16.5. The minimum absolute atomic E-state index is 0.100. The Kier molecular flexibility index (Phi) is 5.03. The summed E-state index contributed by atoms with van der Waals surface area (Å²) in [6.07, 6.45) is 2.98. The third-order valence-corrected chi connectivity index (χ3v) is 4.78. The number of amides is 1. The van der Waals surface area contributed by atoms with Gasteiger partial charge in [-0.2, -0.15) is 0 Å². The zero-order chi connectivity index (χ0) is 18.0. The largest absolute Gasteiger partial charge is 0.481 e. The van der Waals surface area contributed by atoms with Crippen LogP contribution in [0.1, 0.15) is 41.5 Å². The van der Waals surface area contributed by atoms with Crippen LogP contribution in [0.3, 0.4) is 0 Å². The van der Waals surface area contributed by atoms with Crippen LogP contribution in [-0.2, 0) is 11.2 Å². The van der Waals surface area contributed by atoms with E-state index < -0.39 is 0 Å². The van der Waals surface area contributed by atoms with Crippen LogP contribution in [0.2, 0.25) is 0 Å². The molecule has 0 bridgehead atoms. The van der Waals surface area contributed by atoms with Crippen molar-refractivity contribution in [2.45, 2.75) is 45.3 Å². The number of nitrogens with zero attached hydrogens (tertiary/aromatic N) is 2. The highest BCUT2D eigenvalue weighted by Crippen LogP contribution is 2.38. The van der Waals surface area contributed by atoms with Gasteiger partial charge in [0.2, 0.25) is 11.8 Å². The zero-order valence-electron chi connectivity index (χ0n) is 14.7. The Bertz CT molecular complexity index is 716. The highest BCUT2D eigenvalue weighted by Gasteiger charge is 2.36. The van der Waals surface area contributed by atoms with Crippen molar-refractivity contribution in [3.05, 3.63) is 40.9 Å². The minimum atomic E-state index is -0.293. The van der Waals surface area contributed by atoms with E-state index in [-0.39, 0.29) is 30.4 Å². The number of hydrogen-bond acceptors (Lipinski definition) is 6. The van der Waals surface area contributed by atoms with Crippen molar-refractivity contribution in [3.8, 4) is 5.88 Å². The molecule has 0 radical (unpaired) electrons. The third kappa shape index (κ3) is 3.82. The predicted molar refractivity (Wildman–Crippen MR) is 90.1 cm³/mol. The molecule has 7 heteroatoms. The monoisotopic (exact) mass is 345 g/mol. The van der Waals surface area contributed by atoms with Crippen molar-refractivity contribution in [1.29, 1.82) is 0 Å². The maximum Gasteiger partial charge on any atom is 0.225 e. The second kappa shape index (κ2) is 7.23. The number of aromatic nitrogens is 2. The van der Waals surface area contributed by atoms with Crippen molar-refractivity contribution in [1.82, 2.24) is 15.5 Å². The first kappa shape index (κ1) is 17.4. The Morgan fingerprint density at radius 3 is 2.72 bits per heavy atom. The fourth-order valence-electron chi connectivity index (χ4n) is 3.21. The fraction of sp³-hybridized carbons (Fsp3) is 0.500. The molecule has 1 fully saturated rings. The van der Waals surface area contributed by atoms with Gasteiger partial charge in [0.05, 0.1) is 31.4 Å². The van der Waals surface area contributed by atoms with Gasteiger partial charge < -0.3 is 19.7 Å². The molecule has 2 aromatic heterocycles. The summed E-state index contributed by atoms with van der Waals surface area (Å²) in [4.78, 5) is 16.8. The second-order valence-corrected chi connectivity index (χ2v) is 6.54. The van der Waals surface area contributed by atoms with Crippen molar-refractivity contribution in [2.75, 3.05) is 7.11 Å². The van der Waals surface area contributed by atoms with Gasteiger partial charge in [0.25, 0.3) is 0 Å². The first-order valence-electron chi connectivity index (χ1n) is 8.37. The number of hydrogen-bond donors (Lipinski definition) is 2. The van der Waals surface area contributed by atoms with Crippen LogP contribution < -0.4 is 10.1 Å². The van der Waals surface area contributed by atoms with E-state index >= 15 is 0 Å². The summed E-state index contributed by atoms with van der Waals surface area (Å²) in [5.41, 5.74) is 2.46. The number of carbonyl (C=O) groups is 1. The smallest absolute Gasteiger partial charge is 0.225 e. The predicted octanol–water partition coefficient (Wildman–Crippen LogP) is 1.87. The first-order valence-corrected chi connectivity index (χ1v) is 8.37. The molecule has 2 heterocycles. The lowest BCUT2D eigenvalue weighted by Gasteiger charge is -2.38. The number of rotatable bonds is 6. The van der Waals surface area contributed by atoms with E-state index in [0.717, 1.165) is 16.8 Å². The molecule has 1 saturated carbocycles. The SMILES string of the molecule is COc1ccc([C@H](NC(=O)Cc2c(C)noc2C)C2CC(O)C2)cn1. The summed E-state index contributed by atoms with van der Waals surface area (Å²) in [7, 11) is 1.56. The van der Waals surface area contributed by atoms with Gasteiger partial charge in [-0.25, -0.2) is 4.98 Å². The van der Waals surface area contributed by atoms with Gasteiger partial charge in [-0.05, 0) is 38.2 Å². The summed E-state index contributed by atoms with van der Waals surface area (Å²) in [5.74, 6) is 1.28. The Hall–Kier alpha value is -2.41. The molecule has 134 valence electrons. The molecular formula is C18H23N3O4. The second-order valence-electron chi connectivity index (χ2n) is 6.54. The Morgan fingerprint density at radius 1 is 1.44 bits per heavy atom. The van der Waals surface area contributed by atoms with E-state index in [9.17, 15) is 9.90 Å². The van der Waals surface area contributed by atoms with E-state index in [1.165, 1.54) is 0 Å². The molecule has 2 N–H and O–H groups in total. The van der Waals surface area contributed by atoms with Crippen LogP contribution in [0, 0.1) is 19.8 Å². The van der Waals surface area contributed by atoms with E-state index in [1.807, 2.05) is 13.0 Å². The molecule has 1 aliphatic rings. The Labute approximate surface area is 146 Å². The number of carbonyl (C=O) groups excluding carboxylic acids is 1. The molecule has 2 aromatic rings. The number of aryl methyl sites for hydroxylation is 2. The van der Waals surface area contributed by atoms with Crippen LogP contribution in [0.25, 0.3) is 0 Å². The van der Waals surface area contributed by atoms with Crippen LogP contribution in [0.15, 0.2) is 22.9 Å². The number of methoxy groups -OCH3 is 1. The quantitative estimate of drug-likeness (QED) is 0.829. The summed E-state index contributed by atoms with van der Waals surface area (Å²) < 4.78 is 10.2. The van der Waals surface area contributed by atoms with E-state index in [0.29, 0.717) is 24.5 Å². The van der Waals surface area contributed by atoms with Gasteiger partial charge >= 0.3 is 0 Å². The lowest BCUT2D eigenvalue weighted by Crippen LogP contribution is -2.42. The molecule has 1 atom stereocenters. The molecule has 25 heavy (non-hydrogen) atoms. The van der Waals surface area contributed by atoms with E-state index in [2.05, 4.69) is 15.5 Å². The number of ether oxygens (including phenoxy) is 1. The van der Waals surface area contributed by atoms with E-state index in [4.69, 9.17) is 9.26 Å². The Morgan fingerprint density at radius 2 is 2.20 bits per heavy atom. The molecule has 0 unspecified atom stereocenters. The lowest BCUT2D eigenvalue weighted by molar-refractivity contribution is -0.122. The average Bonchev–Trinajstić information content (AvgIpc) is 2.89. The minimum Gasteiger partial charge on any atom is -0.481 e. The van der Waals surface area contributed by atoms with Crippen molar-refractivity contribution >= 4 is 5.91 Å².